The van der Waals surface area contributed by atoms with Gasteiger partial charge < -0.3 is 10.2 Å². The standard InChI is InChI=1S/C14H26N2O3S/c1-8(2)11-14(18)16(10(5)7-20(6)19)12(9(3)4)13(17)15-11/h8-12H,7H2,1-6H3,(H,15,17). The van der Waals surface area contributed by atoms with Gasteiger partial charge in [0.25, 0.3) is 0 Å². The van der Waals surface area contributed by atoms with Gasteiger partial charge in [0, 0.05) is 28.9 Å². The number of hydrogen-bond donors (Lipinski definition) is 1. The van der Waals surface area contributed by atoms with E-state index >= 15 is 0 Å². The Kier molecular flexibility index (Phi) is 5.74. The van der Waals surface area contributed by atoms with Crippen molar-refractivity contribution in [2.75, 3.05) is 12.0 Å². The lowest BCUT2D eigenvalue weighted by atomic mass is 9.92. The number of rotatable bonds is 5. The van der Waals surface area contributed by atoms with Crippen molar-refractivity contribution < 1.29 is 13.8 Å². The molecule has 1 rings (SSSR count). The molecule has 0 radical (unpaired) electrons. The predicted octanol–water partition coefficient (Wildman–Crippen LogP) is 0.761. The molecule has 116 valence electrons. The van der Waals surface area contributed by atoms with Gasteiger partial charge in [-0.2, -0.15) is 0 Å². The number of nitrogens with one attached hydrogen (secondary N) is 1. The third kappa shape index (κ3) is 3.59. The SMILES string of the molecule is CC(C)C1NC(=O)C(C(C)C)N(C(C)CS(C)=O)C1=O. The maximum Gasteiger partial charge on any atom is 0.246 e. The Morgan fingerprint density at radius 1 is 1.15 bits per heavy atom. The fourth-order valence-electron chi connectivity index (χ4n) is 2.71. The van der Waals surface area contributed by atoms with Crippen molar-refractivity contribution in [2.45, 2.75) is 52.7 Å². The number of hydrogen-bond acceptors (Lipinski definition) is 3. The average molecular weight is 302 g/mol. The van der Waals surface area contributed by atoms with Crippen LogP contribution in [0, 0.1) is 11.8 Å². The molecule has 0 aromatic carbocycles. The highest BCUT2D eigenvalue weighted by molar-refractivity contribution is 7.84. The zero-order valence-corrected chi connectivity index (χ0v) is 14.0. The molecule has 1 N–H and O–H groups in total. The second kappa shape index (κ2) is 6.70. The molecule has 0 bridgehead atoms. The highest BCUT2D eigenvalue weighted by atomic mass is 32.2. The van der Waals surface area contributed by atoms with Crippen molar-refractivity contribution in [1.82, 2.24) is 10.2 Å². The third-order valence-corrected chi connectivity index (χ3v) is 4.59. The largest absolute Gasteiger partial charge is 0.342 e. The highest BCUT2D eigenvalue weighted by Crippen LogP contribution is 2.23. The summed E-state index contributed by atoms with van der Waals surface area (Å²) in [4.78, 5) is 26.6. The fourth-order valence-corrected chi connectivity index (χ4v) is 3.55. The lowest BCUT2D eigenvalue weighted by Gasteiger charge is -2.44. The van der Waals surface area contributed by atoms with Gasteiger partial charge in [-0.1, -0.05) is 27.7 Å². The van der Waals surface area contributed by atoms with E-state index in [0.717, 1.165) is 0 Å². The second-order valence-electron chi connectivity index (χ2n) is 6.25. The molecule has 1 saturated heterocycles. The van der Waals surface area contributed by atoms with Gasteiger partial charge in [0.2, 0.25) is 11.8 Å². The molecule has 1 aliphatic rings. The molecule has 0 spiro atoms. The highest BCUT2D eigenvalue weighted by Gasteiger charge is 2.44. The normalized spacial score (nSPS) is 26.9. The lowest BCUT2D eigenvalue weighted by Crippen LogP contribution is -2.68. The van der Waals surface area contributed by atoms with Crippen molar-refractivity contribution in [3.63, 3.8) is 0 Å². The minimum Gasteiger partial charge on any atom is -0.342 e. The summed E-state index contributed by atoms with van der Waals surface area (Å²) in [5.41, 5.74) is 0. The van der Waals surface area contributed by atoms with Gasteiger partial charge >= 0.3 is 0 Å². The fraction of sp³-hybridized carbons (Fsp3) is 0.857. The molecule has 1 fully saturated rings. The maximum atomic E-state index is 12.7. The van der Waals surface area contributed by atoms with E-state index in [2.05, 4.69) is 5.32 Å². The van der Waals surface area contributed by atoms with Crippen molar-refractivity contribution in [3.8, 4) is 0 Å². The summed E-state index contributed by atoms with van der Waals surface area (Å²) in [6.45, 7) is 9.55. The quantitative estimate of drug-likeness (QED) is 0.815. The van der Waals surface area contributed by atoms with E-state index in [4.69, 9.17) is 0 Å². The molecular formula is C14H26N2O3S. The van der Waals surface area contributed by atoms with Crippen LogP contribution in [0.15, 0.2) is 0 Å². The van der Waals surface area contributed by atoms with Crippen LogP contribution in [0.2, 0.25) is 0 Å². The van der Waals surface area contributed by atoms with Crippen LogP contribution in [0.5, 0.6) is 0 Å². The Hall–Kier alpha value is -0.910. The predicted molar refractivity (Wildman–Crippen MR) is 80.6 cm³/mol. The Labute approximate surface area is 123 Å². The van der Waals surface area contributed by atoms with E-state index < -0.39 is 22.9 Å². The molecule has 2 amide bonds. The van der Waals surface area contributed by atoms with Crippen LogP contribution < -0.4 is 5.32 Å². The molecular weight excluding hydrogens is 276 g/mol. The first-order valence-corrected chi connectivity index (χ1v) is 8.82. The van der Waals surface area contributed by atoms with Gasteiger partial charge in [-0.25, -0.2) is 0 Å². The maximum absolute atomic E-state index is 12.7. The van der Waals surface area contributed by atoms with Gasteiger partial charge in [0.05, 0.1) is 0 Å². The lowest BCUT2D eigenvalue weighted by molar-refractivity contribution is -0.154. The minimum atomic E-state index is -0.999. The first kappa shape index (κ1) is 17.1. The van der Waals surface area contributed by atoms with E-state index in [-0.39, 0.29) is 29.7 Å². The Balaban J connectivity index is 3.10. The number of carbonyl (C=O) groups is 2. The zero-order chi connectivity index (χ0) is 15.6. The summed E-state index contributed by atoms with van der Waals surface area (Å²) < 4.78 is 11.4. The monoisotopic (exact) mass is 302 g/mol. The molecule has 4 atom stereocenters. The molecule has 6 heteroatoms. The number of nitrogens with zero attached hydrogens (tertiary/aromatic N) is 1. The van der Waals surface area contributed by atoms with Gasteiger partial charge in [-0.3, -0.25) is 13.8 Å². The smallest absolute Gasteiger partial charge is 0.246 e. The molecule has 1 heterocycles. The number of amides is 2. The number of piperazine rings is 1. The summed E-state index contributed by atoms with van der Waals surface area (Å²) >= 11 is 0. The Bertz CT molecular complexity index is 409. The number of carbonyl (C=O) groups excluding carboxylic acids is 2. The van der Waals surface area contributed by atoms with Crippen LogP contribution >= 0.6 is 0 Å². The molecule has 5 nitrogen and oxygen atoms in total. The van der Waals surface area contributed by atoms with E-state index in [0.29, 0.717) is 5.75 Å². The molecule has 20 heavy (non-hydrogen) atoms. The first-order valence-electron chi connectivity index (χ1n) is 7.09. The summed E-state index contributed by atoms with van der Waals surface area (Å²) in [6, 6.07) is -1.16. The summed E-state index contributed by atoms with van der Waals surface area (Å²) in [5.74, 6) is 0.303. The minimum absolute atomic E-state index is 0.0276. The average Bonchev–Trinajstić information content (AvgIpc) is 2.28. The zero-order valence-electron chi connectivity index (χ0n) is 13.2. The van der Waals surface area contributed by atoms with Crippen LogP contribution in [0.4, 0.5) is 0 Å². The topological polar surface area (TPSA) is 66.5 Å². The summed E-state index contributed by atoms with van der Waals surface area (Å²) in [7, 11) is -0.999. The van der Waals surface area contributed by atoms with Gasteiger partial charge in [-0.05, 0) is 18.8 Å². The van der Waals surface area contributed by atoms with Crippen LogP contribution in [0.25, 0.3) is 0 Å². The van der Waals surface area contributed by atoms with Crippen molar-refractivity contribution >= 4 is 22.6 Å². The van der Waals surface area contributed by atoms with E-state index in [1.54, 1.807) is 11.2 Å². The summed E-state index contributed by atoms with van der Waals surface area (Å²) in [6.07, 6.45) is 1.62. The van der Waals surface area contributed by atoms with Crippen molar-refractivity contribution in [1.29, 1.82) is 0 Å². The Morgan fingerprint density at radius 3 is 2.10 bits per heavy atom. The van der Waals surface area contributed by atoms with Crippen LogP contribution in [-0.4, -0.2) is 51.1 Å². The van der Waals surface area contributed by atoms with Gasteiger partial charge in [-0.15, -0.1) is 0 Å². The Morgan fingerprint density at radius 2 is 1.70 bits per heavy atom. The van der Waals surface area contributed by atoms with Gasteiger partial charge in [0.1, 0.15) is 12.1 Å². The summed E-state index contributed by atoms with van der Waals surface area (Å²) in [5, 5.41) is 2.83. The van der Waals surface area contributed by atoms with Crippen molar-refractivity contribution in [3.05, 3.63) is 0 Å². The third-order valence-electron chi connectivity index (χ3n) is 3.64. The van der Waals surface area contributed by atoms with Crippen LogP contribution in [0.1, 0.15) is 34.6 Å². The van der Waals surface area contributed by atoms with E-state index in [1.165, 1.54) is 0 Å². The van der Waals surface area contributed by atoms with Crippen LogP contribution in [-0.2, 0) is 20.4 Å². The molecule has 1 aliphatic heterocycles. The second-order valence-corrected chi connectivity index (χ2v) is 7.73. The van der Waals surface area contributed by atoms with E-state index in [9.17, 15) is 13.8 Å². The molecule has 0 aromatic rings. The van der Waals surface area contributed by atoms with Gasteiger partial charge in [0.15, 0.2) is 0 Å². The molecule has 4 unspecified atom stereocenters. The first-order chi connectivity index (χ1) is 9.16. The van der Waals surface area contributed by atoms with Crippen LogP contribution in [0.3, 0.4) is 0 Å². The van der Waals surface area contributed by atoms with E-state index in [1.807, 2.05) is 34.6 Å². The van der Waals surface area contributed by atoms with Crippen molar-refractivity contribution in [2.24, 2.45) is 11.8 Å². The molecule has 0 aliphatic carbocycles. The molecule has 0 aromatic heterocycles. The molecule has 0 saturated carbocycles.